The maximum Gasteiger partial charge on any atom is 0.256 e. The lowest BCUT2D eigenvalue weighted by Gasteiger charge is -2.16. The monoisotopic (exact) mass is 278 g/mol. The van der Waals surface area contributed by atoms with E-state index in [9.17, 15) is 0 Å². The lowest BCUT2D eigenvalue weighted by molar-refractivity contribution is 0.494. The minimum absolute atomic E-state index is 0.197. The third kappa shape index (κ3) is 2.40. The Kier molecular flexibility index (Phi) is 3.10. The number of rotatable bonds is 2. The Morgan fingerprint density at radius 1 is 1.11 bits per heavy atom. The molecule has 0 aromatic carbocycles. The molecule has 3 rings (SSSR count). The summed E-state index contributed by atoms with van der Waals surface area (Å²) < 4.78 is 1.58. The fraction of sp³-hybridized carbons (Fsp3) is 0.500. The van der Waals surface area contributed by atoms with E-state index in [1.807, 2.05) is 6.07 Å². The zero-order chi connectivity index (χ0) is 13.4. The summed E-state index contributed by atoms with van der Waals surface area (Å²) in [4.78, 5) is 14.9. The van der Waals surface area contributed by atoms with Crippen LogP contribution in [0.15, 0.2) is 18.5 Å². The van der Waals surface area contributed by atoms with Crippen LogP contribution in [0.4, 0.5) is 5.95 Å². The summed E-state index contributed by atoms with van der Waals surface area (Å²) in [6.45, 7) is 6.36. The summed E-state index contributed by atoms with van der Waals surface area (Å²) in [7, 11) is 0. The number of nitrogens with zero attached hydrogens (tertiary/aromatic N) is 6. The maximum atomic E-state index is 5.99. The Bertz CT molecular complexity index is 560. The Labute approximate surface area is 116 Å². The summed E-state index contributed by atoms with van der Waals surface area (Å²) in [6, 6.07) is 1.82. The molecule has 1 aliphatic rings. The van der Waals surface area contributed by atoms with Crippen molar-refractivity contribution in [3.8, 4) is 5.95 Å². The molecule has 100 valence electrons. The summed E-state index contributed by atoms with van der Waals surface area (Å²) >= 11 is 5.99. The first-order chi connectivity index (χ1) is 9.13. The number of aromatic nitrogens is 5. The van der Waals surface area contributed by atoms with E-state index >= 15 is 0 Å². The SMILES string of the molecule is CC1CN(c2nc(Cl)nc(-n3cccn3)n2)CC1C. The Balaban J connectivity index is 1.95. The fourth-order valence-electron chi connectivity index (χ4n) is 2.25. The van der Waals surface area contributed by atoms with Gasteiger partial charge in [-0.2, -0.15) is 20.1 Å². The molecule has 0 saturated carbocycles. The van der Waals surface area contributed by atoms with Gasteiger partial charge in [0.05, 0.1) is 0 Å². The van der Waals surface area contributed by atoms with Crippen LogP contribution in [0.1, 0.15) is 13.8 Å². The molecular formula is C12H15ClN6. The van der Waals surface area contributed by atoms with Crippen LogP contribution in [0.2, 0.25) is 5.28 Å². The van der Waals surface area contributed by atoms with Crippen molar-refractivity contribution in [1.82, 2.24) is 24.7 Å². The van der Waals surface area contributed by atoms with Crippen LogP contribution >= 0.6 is 11.6 Å². The molecule has 0 N–H and O–H groups in total. The second-order valence-corrected chi connectivity index (χ2v) is 5.35. The molecule has 0 bridgehead atoms. The van der Waals surface area contributed by atoms with Gasteiger partial charge in [-0.1, -0.05) is 13.8 Å². The number of anilines is 1. The van der Waals surface area contributed by atoms with Crippen molar-refractivity contribution >= 4 is 17.5 Å². The highest BCUT2D eigenvalue weighted by molar-refractivity contribution is 6.28. The highest BCUT2D eigenvalue weighted by Gasteiger charge is 2.28. The molecule has 19 heavy (non-hydrogen) atoms. The van der Waals surface area contributed by atoms with E-state index in [-0.39, 0.29) is 5.28 Å². The maximum absolute atomic E-state index is 5.99. The summed E-state index contributed by atoms with van der Waals surface area (Å²) in [5.41, 5.74) is 0. The molecule has 0 radical (unpaired) electrons. The molecule has 0 amide bonds. The van der Waals surface area contributed by atoms with Crippen molar-refractivity contribution in [2.75, 3.05) is 18.0 Å². The van der Waals surface area contributed by atoms with Gasteiger partial charge in [-0.15, -0.1) is 0 Å². The number of halogens is 1. The van der Waals surface area contributed by atoms with E-state index in [1.165, 1.54) is 0 Å². The minimum Gasteiger partial charge on any atom is -0.340 e. The van der Waals surface area contributed by atoms with Crippen LogP contribution < -0.4 is 4.90 Å². The van der Waals surface area contributed by atoms with Crippen LogP contribution in [0.25, 0.3) is 5.95 Å². The van der Waals surface area contributed by atoms with Gasteiger partial charge in [0.15, 0.2) is 0 Å². The molecule has 2 atom stereocenters. The second-order valence-electron chi connectivity index (χ2n) is 5.01. The fourth-order valence-corrected chi connectivity index (χ4v) is 2.40. The third-order valence-electron chi connectivity index (χ3n) is 3.56. The number of hydrogen-bond acceptors (Lipinski definition) is 5. The molecular weight excluding hydrogens is 264 g/mol. The summed E-state index contributed by atoms with van der Waals surface area (Å²) in [5.74, 6) is 2.33. The van der Waals surface area contributed by atoms with E-state index in [2.05, 4.69) is 38.8 Å². The quantitative estimate of drug-likeness (QED) is 0.838. The summed E-state index contributed by atoms with van der Waals surface area (Å²) in [5, 5.41) is 4.31. The molecule has 1 fully saturated rings. The zero-order valence-corrected chi connectivity index (χ0v) is 11.6. The van der Waals surface area contributed by atoms with Crippen LogP contribution in [0.3, 0.4) is 0 Å². The Morgan fingerprint density at radius 2 is 1.79 bits per heavy atom. The van der Waals surface area contributed by atoms with E-state index in [4.69, 9.17) is 11.6 Å². The van der Waals surface area contributed by atoms with Gasteiger partial charge in [0.25, 0.3) is 5.95 Å². The molecule has 3 heterocycles. The van der Waals surface area contributed by atoms with Crippen LogP contribution in [-0.2, 0) is 0 Å². The standard InChI is InChI=1S/C12H15ClN6/c1-8-6-18(7-9(8)2)11-15-10(13)16-12(17-11)19-5-3-4-14-19/h3-5,8-9H,6-7H2,1-2H3. The highest BCUT2D eigenvalue weighted by Crippen LogP contribution is 2.26. The number of hydrogen-bond donors (Lipinski definition) is 0. The molecule has 2 aromatic heterocycles. The highest BCUT2D eigenvalue weighted by atomic mass is 35.5. The van der Waals surface area contributed by atoms with E-state index in [1.54, 1.807) is 17.1 Å². The van der Waals surface area contributed by atoms with Gasteiger partial charge >= 0.3 is 0 Å². The largest absolute Gasteiger partial charge is 0.340 e. The second kappa shape index (κ2) is 4.77. The van der Waals surface area contributed by atoms with Crippen molar-refractivity contribution in [2.24, 2.45) is 11.8 Å². The molecule has 6 nitrogen and oxygen atoms in total. The molecule has 2 unspecified atom stereocenters. The van der Waals surface area contributed by atoms with Gasteiger partial charge in [0, 0.05) is 25.5 Å². The van der Waals surface area contributed by atoms with Gasteiger partial charge in [0.1, 0.15) is 0 Å². The van der Waals surface area contributed by atoms with Gasteiger partial charge < -0.3 is 4.90 Å². The Hall–Kier alpha value is -1.69. The summed E-state index contributed by atoms with van der Waals surface area (Å²) in [6.07, 6.45) is 3.46. The van der Waals surface area contributed by atoms with Crippen LogP contribution in [-0.4, -0.2) is 37.8 Å². The molecule has 0 aliphatic carbocycles. The third-order valence-corrected chi connectivity index (χ3v) is 3.73. The molecule has 1 saturated heterocycles. The predicted octanol–water partition coefficient (Wildman–Crippen LogP) is 1.80. The van der Waals surface area contributed by atoms with Crippen molar-refractivity contribution in [1.29, 1.82) is 0 Å². The molecule has 1 aliphatic heterocycles. The average Bonchev–Trinajstić information content (AvgIpc) is 3.00. The van der Waals surface area contributed by atoms with Gasteiger partial charge in [0.2, 0.25) is 11.2 Å². The minimum atomic E-state index is 0.197. The first kappa shape index (κ1) is 12.3. The van der Waals surface area contributed by atoms with Crippen molar-refractivity contribution in [3.05, 3.63) is 23.7 Å². The predicted molar refractivity (Wildman–Crippen MR) is 72.5 cm³/mol. The van der Waals surface area contributed by atoms with Gasteiger partial charge in [-0.25, -0.2) is 4.68 Å². The van der Waals surface area contributed by atoms with E-state index in [0.29, 0.717) is 23.7 Å². The lowest BCUT2D eigenvalue weighted by atomic mass is 10.0. The van der Waals surface area contributed by atoms with Gasteiger partial charge in [-0.05, 0) is 29.5 Å². The first-order valence-electron chi connectivity index (χ1n) is 6.30. The van der Waals surface area contributed by atoms with E-state index in [0.717, 1.165) is 13.1 Å². The van der Waals surface area contributed by atoms with Crippen molar-refractivity contribution in [3.63, 3.8) is 0 Å². The molecule has 0 spiro atoms. The zero-order valence-electron chi connectivity index (χ0n) is 10.9. The smallest absolute Gasteiger partial charge is 0.256 e. The first-order valence-corrected chi connectivity index (χ1v) is 6.68. The Morgan fingerprint density at radius 3 is 2.42 bits per heavy atom. The van der Waals surface area contributed by atoms with Crippen molar-refractivity contribution in [2.45, 2.75) is 13.8 Å². The molecule has 7 heteroatoms. The topological polar surface area (TPSA) is 59.7 Å². The van der Waals surface area contributed by atoms with Gasteiger partial charge in [-0.3, -0.25) is 0 Å². The molecule has 2 aromatic rings. The van der Waals surface area contributed by atoms with Crippen LogP contribution in [0, 0.1) is 11.8 Å². The van der Waals surface area contributed by atoms with Crippen LogP contribution in [0.5, 0.6) is 0 Å². The average molecular weight is 279 g/mol. The lowest BCUT2D eigenvalue weighted by Crippen LogP contribution is -2.23. The normalized spacial score (nSPS) is 23.0. The van der Waals surface area contributed by atoms with Crippen molar-refractivity contribution < 1.29 is 0 Å². The van der Waals surface area contributed by atoms with E-state index < -0.39 is 0 Å².